The zero-order chi connectivity index (χ0) is 51.7. The average Bonchev–Trinajstić information content (AvgIpc) is 3.31. The van der Waals surface area contributed by atoms with Gasteiger partial charge in [-0.25, -0.2) is 39.2 Å². The molecule has 8 nitrogen and oxygen atoms in total. The van der Waals surface area contributed by atoms with E-state index in [0.717, 1.165) is 39.6 Å². The Morgan fingerprint density at radius 2 is 1.25 bits per heavy atom. The highest BCUT2D eigenvalue weighted by Crippen LogP contribution is 2.41. The van der Waals surface area contributed by atoms with Gasteiger partial charge in [0.05, 0.1) is 9.79 Å². The number of esters is 1. The van der Waals surface area contributed by atoms with E-state index in [2.05, 4.69) is 104 Å². The van der Waals surface area contributed by atoms with Crippen LogP contribution in [-0.2, 0) is 36.0 Å². The summed E-state index contributed by atoms with van der Waals surface area (Å²) >= 11 is 0.209. The Balaban J connectivity index is 1.39. The third kappa shape index (κ3) is 10.9. The summed E-state index contributed by atoms with van der Waals surface area (Å²) in [5.74, 6) is -8.48. The van der Waals surface area contributed by atoms with Crippen LogP contribution >= 0.6 is 11.8 Å². The van der Waals surface area contributed by atoms with Gasteiger partial charge >= 0.3 is 5.97 Å². The maximum absolute atomic E-state index is 15.6. The lowest BCUT2D eigenvalue weighted by Gasteiger charge is -2.24. The smallest absolute Gasteiger partial charge is 0.330 e. The van der Waals surface area contributed by atoms with Crippen LogP contribution in [0, 0.1) is 23.3 Å². The number of thioether (sulfide) groups is 1. The van der Waals surface area contributed by atoms with E-state index in [1.165, 1.54) is 33.0 Å². The molecule has 1 heterocycles. The van der Waals surface area contributed by atoms with E-state index < -0.39 is 70.6 Å². The summed E-state index contributed by atoms with van der Waals surface area (Å²) in [4.78, 5) is 7.30. The minimum Gasteiger partial charge on any atom is -0.462 e. The van der Waals surface area contributed by atoms with Gasteiger partial charge in [0.2, 0.25) is 0 Å². The number of carbonyl (C=O) groups excluding carboxylic acids is 1. The molecule has 6 aromatic rings. The monoisotopic (exact) mass is 1030 g/mol. The first kappa shape index (κ1) is 52.8. The molecule has 372 valence electrons. The predicted molar refractivity (Wildman–Crippen MR) is 272 cm³/mol. The first-order valence-electron chi connectivity index (χ1n) is 23.1. The van der Waals surface area contributed by atoms with Gasteiger partial charge in [-0.3, -0.25) is 0 Å². The first-order chi connectivity index (χ1) is 33.6. The van der Waals surface area contributed by atoms with Crippen LogP contribution in [0.25, 0.3) is 11.6 Å². The molecular formula is C56H55F4NO7S3. The normalized spacial score (nSPS) is 13.0. The number of hydrogen-bond acceptors (Lipinski definition) is 8. The van der Waals surface area contributed by atoms with Crippen LogP contribution in [0.2, 0.25) is 0 Å². The SMILES string of the molecule is C=CC(=O)OCCSc1c(F)c(F)c(S(=O)(=O)NS(=O)(=O)c2ccccc2C2=c3cc/c(=C\c4c(C(C)C)cccc4C(C)C)cc3Oc3cc(Cc4c(C(C)C)cccc4C(C)C)ccc32)c(F)c1F. The Labute approximate surface area is 417 Å². The molecule has 0 bridgehead atoms. The quantitative estimate of drug-likeness (QED) is 0.0239. The maximum Gasteiger partial charge on any atom is 0.330 e. The zero-order valence-electron chi connectivity index (χ0n) is 40.6. The number of sulfonamides is 2. The van der Waals surface area contributed by atoms with Gasteiger partial charge in [-0.15, -0.1) is 15.9 Å². The van der Waals surface area contributed by atoms with Crippen LogP contribution in [0.3, 0.4) is 0 Å². The van der Waals surface area contributed by atoms with Crippen molar-refractivity contribution < 1.29 is 48.7 Å². The van der Waals surface area contributed by atoms with Gasteiger partial charge in [0.1, 0.15) is 18.1 Å². The molecule has 0 aromatic heterocycles. The Hall–Kier alpha value is -6.00. The molecule has 0 saturated heterocycles. The van der Waals surface area contributed by atoms with Crippen molar-refractivity contribution in [3.63, 3.8) is 0 Å². The van der Waals surface area contributed by atoms with Gasteiger partial charge in [-0.1, -0.05) is 135 Å². The van der Waals surface area contributed by atoms with E-state index in [9.17, 15) is 21.6 Å². The molecule has 0 atom stereocenters. The molecule has 0 saturated carbocycles. The topological polar surface area (TPSA) is 116 Å². The average molecular weight is 1030 g/mol. The molecular weight excluding hydrogens is 971 g/mol. The van der Waals surface area contributed by atoms with Crippen molar-refractivity contribution in [3.8, 4) is 11.5 Å². The molecule has 15 heteroatoms. The molecule has 71 heavy (non-hydrogen) atoms. The lowest BCUT2D eigenvalue weighted by Crippen LogP contribution is -2.33. The van der Waals surface area contributed by atoms with Crippen LogP contribution < -0.4 is 19.3 Å². The number of carbonyl (C=O) groups is 1. The molecule has 0 amide bonds. The molecule has 0 radical (unpaired) electrons. The minimum atomic E-state index is -5.90. The van der Waals surface area contributed by atoms with Gasteiger partial charge < -0.3 is 9.47 Å². The number of fused-ring (bicyclic) bond motifs is 2. The van der Waals surface area contributed by atoms with E-state index >= 15 is 17.6 Å². The van der Waals surface area contributed by atoms with E-state index in [4.69, 9.17) is 9.47 Å². The third-order valence-corrected chi connectivity index (χ3v) is 16.9. The summed E-state index contributed by atoms with van der Waals surface area (Å²) < 4.78 is 131. The lowest BCUT2D eigenvalue weighted by atomic mass is 9.85. The first-order valence-corrected chi connectivity index (χ1v) is 27.1. The van der Waals surface area contributed by atoms with Crippen LogP contribution in [0.5, 0.6) is 11.5 Å². The van der Waals surface area contributed by atoms with Gasteiger partial charge in [-0.05, 0) is 105 Å². The van der Waals surface area contributed by atoms with Crippen molar-refractivity contribution in [2.24, 2.45) is 0 Å². The summed E-state index contributed by atoms with van der Waals surface area (Å²) in [6.07, 6.45) is 3.49. The highest BCUT2D eigenvalue weighted by Gasteiger charge is 2.37. The van der Waals surface area contributed by atoms with Crippen molar-refractivity contribution in [1.29, 1.82) is 0 Å². The molecule has 0 fully saturated rings. The van der Waals surface area contributed by atoms with E-state index in [-0.39, 0.29) is 46.7 Å². The second kappa shape index (κ2) is 21.4. The molecule has 7 rings (SSSR count). The summed E-state index contributed by atoms with van der Waals surface area (Å²) in [7, 11) is -11.2. The second-order valence-corrected chi connectivity index (χ2v) is 23.1. The Morgan fingerprint density at radius 3 is 1.83 bits per heavy atom. The van der Waals surface area contributed by atoms with Gasteiger partial charge in [-0.2, -0.15) is 0 Å². The second-order valence-electron chi connectivity index (χ2n) is 18.5. The number of benzene rings is 6. The molecule has 6 aromatic carbocycles. The van der Waals surface area contributed by atoms with Crippen molar-refractivity contribution in [2.75, 3.05) is 12.4 Å². The van der Waals surface area contributed by atoms with Crippen molar-refractivity contribution >= 4 is 49.4 Å². The van der Waals surface area contributed by atoms with Crippen molar-refractivity contribution in [1.82, 2.24) is 4.13 Å². The molecule has 0 spiro atoms. The maximum atomic E-state index is 15.6. The molecule has 1 aliphatic rings. The molecule has 0 aliphatic carbocycles. The van der Waals surface area contributed by atoms with Crippen LogP contribution in [0.4, 0.5) is 17.6 Å². The highest BCUT2D eigenvalue weighted by atomic mass is 32.3. The number of ether oxygens (including phenoxy) is 2. The standard InChI is InChI=1S/C56H55F4NO7S3/c1-10-49(62)67-25-26-69-55-51(57)53(59)56(54(60)52(55)58)71(65,66)61-70(63,64)48-20-12-11-15-43(48)50-41-23-21-35(27-44-37(31(2)3)16-13-17-38(44)32(4)5)29-46(41)68-47-30-36(22-24-42(47)50)28-45-39(33(6)7)18-14-19-40(45)34(8)9/h10-24,27,29-34,61H,1,25-26,28H2,2-9H3/b35-27+. The summed E-state index contributed by atoms with van der Waals surface area (Å²) in [6.45, 7) is 19.9. The Kier molecular flexibility index (Phi) is 15.9. The zero-order valence-corrected chi connectivity index (χ0v) is 43.1. The third-order valence-electron chi connectivity index (χ3n) is 12.3. The lowest BCUT2D eigenvalue weighted by molar-refractivity contribution is -0.137. The summed E-state index contributed by atoms with van der Waals surface area (Å²) in [6, 6.07) is 29.2. The summed E-state index contributed by atoms with van der Waals surface area (Å²) in [5, 5.41) is 1.25. The van der Waals surface area contributed by atoms with Gasteiger partial charge in [0.25, 0.3) is 20.0 Å². The number of rotatable bonds is 17. The van der Waals surface area contributed by atoms with E-state index in [1.807, 2.05) is 30.3 Å². The highest BCUT2D eigenvalue weighted by molar-refractivity contribution is 8.04. The van der Waals surface area contributed by atoms with Crippen LogP contribution in [0.1, 0.15) is 129 Å². The van der Waals surface area contributed by atoms with Crippen molar-refractivity contribution in [2.45, 2.75) is 100 Å². The fourth-order valence-corrected chi connectivity index (χ4v) is 13.0. The van der Waals surface area contributed by atoms with E-state index in [0.29, 0.717) is 34.3 Å². The molecule has 1 aliphatic heterocycles. The predicted octanol–water partition coefficient (Wildman–Crippen LogP) is 12.0. The summed E-state index contributed by atoms with van der Waals surface area (Å²) in [5.41, 5.74) is 8.70. The minimum absolute atomic E-state index is 0.00724. The molecule has 1 N–H and O–H groups in total. The van der Waals surface area contributed by atoms with Crippen LogP contribution in [0.15, 0.2) is 124 Å². The fourth-order valence-electron chi connectivity index (χ4n) is 8.93. The molecule has 0 unspecified atom stereocenters. The van der Waals surface area contributed by atoms with Crippen molar-refractivity contribution in [3.05, 3.63) is 193 Å². The largest absolute Gasteiger partial charge is 0.462 e. The Bertz CT molecular complexity index is 3360. The van der Waals surface area contributed by atoms with Crippen LogP contribution in [-0.4, -0.2) is 35.2 Å². The van der Waals surface area contributed by atoms with Gasteiger partial charge in [0.15, 0.2) is 28.2 Å². The fraction of sp³-hybridized carbons (Fsp3) is 0.268. The Morgan fingerprint density at radius 1 is 0.676 bits per heavy atom. The van der Waals surface area contributed by atoms with E-state index in [1.54, 1.807) is 12.1 Å². The number of nitrogens with one attached hydrogen (secondary N) is 1. The number of halogens is 4. The van der Waals surface area contributed by atoms with Gasteiger partial charge in [0, 0.05) is 33.7 Å². The number of hydrogen-bond donors (Lipinski definition) is 1.